The summed E-state index contributed by atoms with van der Waals surface area (Å²) >= 11 is 1.01. The molecule has 3 N–H and O–H groups in total. The van der Waals surface area contributed by atoms with Crippen LogP contribution in [-0.2, 0) is 6.42 Å². The van der Waals surface area contributed by atoms with E-state index in [4.69, 9.17) is 10.5 Å². The monoisotopic (exact) mass is 333 g/mol. The Morgan fingerprint density at radius 2 is 1.87 bits per heavy atom. The fourth-order valence-electron chi connectivity index (χ4n) is 2.42. The van der Waals surface area contributed by atoms with Gasteiger partial charge in [-0.2, -0.15) is 0 Å². The van der Waals surface area contributed by atoms with Gasteiger partial charge in [0.2, 0.25) is 0 Å². The molecule has 2 amide bonds. The highest BCUT2D eigenvalue weighted by molar-refractivity contribution is 7.15. The second kappa shape index (κ2) is 6.78. The summed E-state index contributed by atoms with van der Waals surface area (Å²) in [6, 6.07) is 4.02. The Balaban J connectivity index is 2.31. The van der Waals surface area contributed by atoms with Gasteiger partial charge in [-0.25, -0.2) is 9.78 Å². The van der Waals surface area contributed by atoms with Crippen molar-refractivity contribution in [3.63, 3.8) is 0 Å². The third-order valence-electron chi connectivity index (χ3n) is 3.32. The number of nitrogens with zero attached hydrogens (tertiary/aromatic N) is 1. The molecular weight excluding hydrogens is 314 g/mol. The standard InChI is InChI=1S/C16H19N3O3S/c1-5-11-13(23-16(18-11)22-15(17)21)14(20)19-12-9(3)6-8(2)7-10(12)4/h6-7H,5H2,1-4H3,(H2,17,21)(H,19,20). The third kappa shape index (κ3) is 3.87. The number of nitrogens with one attached hydrogen (secondary N) is 1. The molecule has 0 saturated carbocycles. The zero-order chi connectivity index (χ0) is 17.1. The van der Waals surface area contributed by atoms with E-state index in [1.165, 1.54) is 0 Å². The first-order chi connectivity index (χ1) is 10.8. The Morgan fingerprint density at radius 1 is 1.26 bits per heavy atom. The van der Waals surface area contributed by atoms with Gasteiger partial charge in [-0.05, 0) is 38.3 Å². The molecule has 0 radical (unpaired) electrons. The molecule has 0 fully saturated rings. The van der Waals surface area contributed by atoms with Crippen molar-refractivity contribution >= 4 is 29.0 Å². The van der Waals surface area contributed by atoms with Crippen molar-refractivity contribution in [2.45, 2.75) is 34.1 Å². The van der Waals surface area contributed by atoms with Crippen LogP contribution < -0.4 is 15.8 Å². The lowest BCUT2D eigenvalue weighted by Gasteiger charge is -2.12. The van der Waals surface area contributed by atoms with Crippen molar-refractivity contribution in [1.29, 1.82) is 0 Å². The quantitative estimate of drug-likeness (QED) is 0.897. The van der Waals surface area contributed by atoms with Crippen LogP contribution in [0.1, 0.15) is 39.0 Å². The van der Waals surface area contributed by atoms with Crippen LogP contribution in [0, 0.1) is 20.8 Å². The predicted molar refractivity (Wildman–Crippen MR) is 90.3 cm³/mol. The number of thiazole rings is 1. The van der Waals surface area contributed by atoms with Gasteiger partial charge in [-0.1, -0.05) is 36.0 Å². The number of hydrogen-bond acceptors (Lipinski definition) is 5. The molecule has 0 aliphatic rings. The van der Waals surface area contributed by atoms with Gasteiger partial charge in [-0.15, -0.1) is 0 Å². The van der Waals surface area contributed by atoms with Crippen LogP contribution in [0.3, 0.4) is 0 Å². The number of benzene rings is 1. The zero-order valence-electron chi connectivity index (χ0n) is 13.5. The molecule has 6 nitrogen and oxygen atoms in total. The molecule has 0 saturated heterocycles. The van der Waals surface area contributed by atoms with Gasteiger partial charge in [-0.3, -0.25) is 4.79 Å². The summed E-state index contributed by atoms with van der Waals surface area (Å²) < 4.78 is 4.77. The zero-order valence-corrected chi connectivity index (χ0v) is 14.3. The SMILES string of the molecule is CCc1nc(OC(N)=O)sc1C(=O)Nc1c(C)cc(C)cc1C. The van der Waals surface area contributed by atoms with Gasteiger partial charge >= 0.3 is 6.09 Å². The van der Waals surface area contributed by atoms with Gasteiger partial charge < -0.3 is 15.8 Å². The number of ether oxygens (including phenoxy) is 1. The maximum Gasteiger partial charge on any atom is 0.411 e. The maximum absolute atomic E-state index is 12.6. The van der Waals surface area contributed by atoms with Crippen molar-refractivity contribution < 1.29 is 14.3 Å². The lowest BCUT2D eigenvalue weighted by Crippen LogP contribution is -2.16. The number of nitrogens with two attached hydrogens (primary N) is 1. The molecule has 1 heterocycles. The Morgan fingerprint density at radius 3 is 2.39 bits per heavy atom. The van der Waals surface area contributed by atoms with E-state index < -0.39 is 6.09 Å². The van der Waals surface area contributed by atoms with E-state index in [-0.39, 0.29) is 11.1 Å². The summed E-state index contributed by atoms with van der Waals surface area (Å²) in [5, 5.41) is 3.00. The molecule has 1 aromatic carbocycles. The van der Waals surface area contributed by atoms with Gasteiger partial charge in [0, 0.05) is 5.69 Å². The fraction of sp³-hybridized carbons (Fsp3) is 0.312. The number of anilines is 1. The number of hydrogen-bond donors (Lipinski definition) is 2. The molecule has 122 valence electrons. The van der Waals surface area contributed by atoms with E-state index in [2.05, 4.69) is 10.3 Å². The summed E-state index contributed by atoms with van der Waals surface area (Å²) in [5.74, 6) is -0.270. The van der Waals surface area contributed by atoms with Crippen LogP contribution >= 0.6 is 11.3 Å². The molecule has 0 atom stereocenters. The summed E-state index contributed by atoms with van der Waals surface area (Å²) in [6.07, 6.45) is -0.397. The Hall–Kier alpha value is -2.41. The van der Waals surface area contributed by atoms with E-state index in [9.17, 15) is 9.59 Å². The van der Waals surface area contributed by atoms with Crippen LogP contribution in [-0.4, -0.2) is 17.0 Å². The molecule has 2 aromatic rings. The first-order valence-corrected chi connectivity index (χ1v) is 7.99. The van der Waals surface area contributed by atoms with E-state index in [0.717, 1.165) is 33.7 Å². The number of rotatable bonds is 4. The average Bonchev–Trinajstić information content (AvgIpc) is 2.84. The minimum Gasteiger partial charge on any atom is -0.381 e. The lowest BCUT2D eigenvalue weighted by atomic mass is 10.1. The van der Waals surface area contributed by atoms with Crippen LogP contribution in [0.4, 0.5) is 10.5 Å². The molecule has 0 aliphatic heterocycles. The topological polar surface area (TPSA) is 94.3 Å². The lowest BCUT2D eigenvalue weighted by molar-refractivity contribution is 0.102. The number of carbonyl (C=O) groups is 2. The number of aryl methyl sites for hydroxylation is 4. The minimum absolute atomic E-state index is 0.0804. The summed E-state index contributed by atoms with van der Waals surface area (Å²) in [7, 11) is 0. The van der Waals surface area contributed by atoms with Crippen LogP contribution in [0.2, 0.25) is 0 Å². The normalized spacial score (nSPS) is 10.4. The third-order valence-corrected chi connectivity index (χ3v) is 4.30. The number of amides is 2. The van der Waals surface area contributed by atoms with E-state index in [1.807, 2.05) is 39.8 Å². The highest BCUT2D eigenvalue weighted by Gasteiger charge is 2.20. The van der Waals surface area contributed by atoms with Gasteiger partial charge in [0.1, 0.15) is 4.88 Å². The molecular formula is C16H19N3O3S. The molecule has 0 aliphatic carbocycles. The van der Waals surface area contributed by atoms with E-state index >= 15 is 0 Å². The van der Waals surface area contributed by atoms with Gasteiger partial charge in [0.15, 0.2) is 0 Å². The Labute approximate surface area is 138 Å². The van der Waals surface area contributed by atoms with Crippen LogP contribution in [0.25, 0.3) is 0 Å². The minimum atomic E-state index is -0.946. The maximum atomic E-state index is 12.6. The Bertz CT molecular complexity index is 745. The molecule has 0 spiro atoms. The van der Waals surface area contributed by atoms with Crippen molar-refractivity contribution in [3.05, 3.63) is 39.4 Å². The summed E-state index contributed by atoms with van der Waals surface area (Å²) in [5.41, 5.74) is 9.47. The molecule has 1 aromatic heterocycles. The highest BCUT2D eigenvalue weighted by atomic mass is 32.1. The Kier molecular flexibility index (Phi) is 5.00. The molecule has 2 rings (SSSR count). The molecule has 0 unspecified atom stereocenters. The number of carbonyl (C=O) groups excluding carboxylic acids is 2. The fourth-order valence-corrected chi connectivity index (χ4v) is 3.33. The predicted octanol–water partition coefficient (Wildman–Crippen LogP) is 3.34. The molecule has 7 heteroatoms. The first kappa shape index (κ1) is 17.0. The van der Waals surface area contributed by atoms with Crippen molar-refractivity contribution in [2.24, 2.45) is 5.73 Å². The first-order valence-electron chi connectivity index (χ1n) is 7.18. The van der Waals surface area contributed by atoms with Crippen molar-refractivity contribution in [2.75, 3.05) is 5.32 Å². The molecule has 0 bridgehead atoms. The largest absolute Gasteiger partial charge is 0.411 e. The van der Waals surface area contributed by atoms with E-state index in [1.54, 1.807) is 0 Å². The summed E-state index contributed by atoms with van der Waals surface area (Å²) in [6.45, 7) is 7.79. The molecule has 23 heavy (non-hydrogen) atoms. The second-order valence-corrected chi connectivity index (χ2v) is 6.22. The van der Waals surface area contributed by atoms with Gasteiger partial charge in [0.25, 0.3) is 11.1 Å². The number of aromatic nitrogens is 1. The average molecular weight is 333 g/mol. The van der Waals surface area contributed by atoms with Crippen LogP contribution in [0.5, 0.6) is 5.19 Å². The summed E-state index contributed by atoms with van der Waals surface area (Å²) in [4.78, 5) is 27.9. The second-order valence-electron chi connectivity index (χ2n) is 5.26. The van der Waals surface area contributed by atoms with Gasteiger partial charge in [0.05, 0.1) is 5.69 Å². The van der Waals surface area contributed by atoms with E-state index in [0.29, 0.717) is 17.0 Å². The highest BCUT2D eigenvalue weighted by Crippen LogP contribution is 2.28. The smallest absolute Gasteiger partial charge is 0.381 e. The number of primary amides is 1. The van der Waals surface area contributed by atoms with Crippen LogP contribution in [0.15, 0.2) is 12.1 Å². The van der Waals surface area contributed by atoms with Crippen molar-refractivity contribution in [3.8, 4) is 5.19 Å². The van der Waals surface area contributed by atoms with Crippen molar-refractivity contribution in [1.82, 2.24) is 4.98 Å².